The Hall–Kier alpha value is -3.68. The van der Waals surface area contributed by atoms with Crippen molar-refractivity contribution in [3.63, 3.8) is 0 Å². The molecule has 0 bridgehead atoms. The van der Waals surface area contributed by atoms with Gasteiger partial charge in [0.2, 0.25) is 0 Å². The molecule has 5 rings (SSSR count). The van der Waals surface area contributed by atoms with E-state index < -0.39 is 11.6 Å². The van der Waals surface area contributed by atoms with Gasteiger partial charge < -0.3 is 14.6 Å². The maximum absolute atomic E-state index is 13.3. The molecule has 1 aromatic heterocycles. The summed E-state index contributed by atoms with van der Waals surface area (Å²) < 4.78 is 11.0. The lowest BCUT2D eigenvalue weighted by Crippen LogP contribution is -2.47. The molecule has 3 aromatic rings. The van der Waals surface area contributed by atoms with Crippen molar-refractivity contribution in [1.82, 2.24) is 20.4 Å². The van der Waals surface area contributed by atoms with Crippen LogP contribution in [0.25, 0.3) is 11.5 Å². The van der Waals surface area contributed by atoms with Gasteiger partial charge in [-0.25, -0.2) is 4.79 Å². The number of fused-ring (bicyclic) bond motifs is 2. The quantitative estimate of drug-likeness (QED) is 0.691. The summed E-state index contributed by atoms with van der Waals surface area (Å²) in [5.41, 5.74) is 1.45. The van der Waals surface area contributed by atoms with Crippen LogP contribution in [0.15, 0.2) is 53.1 Å². The van der Waals surface area contributed by atoms with Crippen molar-refractivity contribution in [2.45, 2.75) is 25.4 Å². The molecule has 29 heavy (non-hydrogen) atoms. The number of nitrogens with zero attached hydrogens (tertiary/aromatic N) is 3. The normalized spacial score (nSPS) is 20.5. The lowest BCUT2D eigenvalue weighted by Gasteiger charge is -2.33. The SMILES string of the molecule is Cc1ccc(-c2nc(CN3C(=O)N[C@@]4(CCOc5ccccc54)C3=O)no2)cc1. The first kappa shape index (κ1) is 17.4. The van der Waals surface area contributed by atoms with E-state index >= 15 is 0 Å². The van der Waals surface area contributed by atoms with E-state index in [2.05, 4.69) is 15.5 Å². The topological polar surface area (TPSA) is 97.6 Å². The summed E-state index contributed by atoms with van der Waals surface area (Å²) in [6, 6.07) is 14.4. The Balaban J connectivity index is 1.42. The van der Waals surface area contributed by atoms with Crippen molar-refractivity contribution in [3.05, 3.63) is 65.5 Å². The minimum Gasteiger partial charge on any atom is -0.493 e. The highest BCUT2D eigenvalue weighted by molar-refractivity contribution is 6.07. The highest BCUT2D eigenvalue weighted by atomic mass is 16.5. The van der Waals surface area contributed by atoms with Gasteiger partial charge in [0.25, 0.3) is 11.8 Å². The number of carbonyl (C=O) groups is 2. The number of nitrogens with one attached hydrogen (secondary N) is 1. The predicted octanol–water partition coefficient (Wildman–Crippen LogP) is 2.77. The van der Waals surface area contributed by atoms with E-state index in [4.69, 9.17) is 9.26 Å². The summed E-state index contributed by atoms with van der Waals surface area (Å²) in [6.07, 6.45) is 0.367. The number of hydrogen-bond acceptors (Lipinski definition) is 6. The van der Waals surface area contributed by atoms with Crippen LogP contribution in [0, 0.1) is 6.92 Å². The molecular formula is C21H18N4O4. The molecule has 0 radical (unpaired) electrons. The Morgan fingerprint density at radius 3 is 2.76 bits per heavy atom. The van der Waals surface area contributed by atoms with Crippen molar-refractivity contribution >= 4 is 11.9 Å². The van der Waals surface area contributed by atoms with E-state index in [0.717, 1.165) is 16.0 Å². The number of para-hydroxylation sites is 1. The fourth-order valence-electron chi connectivity index (χ4n) is 3.79. The Morgan fingerprint density at radius 2 is 1.93 bits per heavy atom. The summed E-state index contributed by atoms with van der Waals surface area (Å²) in [7, 11) is 0. The maximum atomic E-state index is 13.3. The molecule has 2 aliphatic rings. The number of carbonyl (C=O) groups excluding carboxylic acids is 2. The van der Waals surface area contributed by atoms with Crippen molar-refractivity contribution < 1.29 is 18.8 Å². The van der Waals surface area contributed by atoms with Gasteiger partial charge in [0, 0.05) is 17.5 Å². The van der Waals surface area contributed by atoms with Crippen molar-refractivity contribution in [1.29, 1.82) is 0 Å². The van der Waals surface area contributed by atoms with Crippen LogP contribution in [-0.4, -0.2) is 33.6 Å². The second-order valence-corrected chi connectivity index (χ2v) is 7.20. The summed E-state index contributed by atoms with van der Waals surface area (Å²) in [5, 5.41) is 6.80. The van der Waals surface area contributed by atoms with Crippen LogP contribution in [0.2, 0.25) is 0 Å². The highest BCUT2D eigenvalue weighted by Gasteiger charge is 2.55. The number of amides is 3. The standard InChI is InChI=1S/C21H18N4O4/c1-13-6-8-14(9-7-13)18-22-17(24-29-18)12-25-19(26)21(23-20(25)27)10-11-28-16-5-3-2-4-15(16)21/h2-9H,10-12H2,1H3,(H,23,27)/t21-/m1/s1. The fraction of sp³-hybridized carbons (Fsp3) is 0.238. The summed E-state index contributed by atoms with van der Waals surface area (Å²) in [6.45, 7) is 2.27. The van der Waals surface area contributed by atoms with Gasteiger partial charge in [0.05, 0.1) is 13.2 Å². The van der Waals surface area contributed by atoms with E-state index in [9.17, 15) is 9.59 Å². The third-order valence-corrected chi connectivity index (χ3v) is 5.32. The molecule has 1 saturated heterocycles. The summed E-state index contributed by atoms with van der Waals surface area (Å²) >= 11 is 0. The Bertz CT molecular complexity index is 1110. The first-order chi connectivity index (χ1) is 14.1. The lowest BCUT2D eigenvalue weighted by atomic mass is 9.84. The third kappa shape index (κ3) is 2.75. The predicted molar refractivity (Wildman–Crippen MR) is 102 cm³/mol. The fourth-order valence-corrected chi connectivity index (χ4v) is 3.79. The Morgan fingerprint density at radius 1 is 1.14 bits per heavy atom. The van der Waals surface area contributed by atoms with Crippen molar-refractivity contribution in [2.24, 2.45) is 0 Å². The Labute approximate surface area is 166 Å². The van der Waals surface area contributed by atoms with Crippen molar-refractivity contribution in [3.8, 4) is 17.2 Å². The van der Waals surface area contributed by atoms with Crippen LogP contribution in [-0.2, 0) is 16.9 Å². The number of imide groups is 1. The highest BCUT2D eigenvalue weighted by Crippen LogP contribution is 2.41. The zero-order valence-corrected chi connectivity index (χ0v) is 15.7. The first-order valence-corrected chi connectivity index (χ1v) is 9.33. The number of urea groups is 1. The number of aromatic nitrogens is 2. The maximum Gasteiger partial charge on any atom is 0.325 e. The Kier molecular flexibility index (Phi) is 3.87. The summed E-state index contributed by atoms with van der Waals surface area (Å²) in [4.78, 5) is 31.4. The van der Waals surface area contributed by atoms with Gasteiger partial charge in [0.1, 0.15) is 5.75 Å². The third-order valence-electron chi connectivity index (χ3n) is 5.32. The van der Waals surface area contributed by atoms with Crippen LogP contribution in [0.5, 0.6) is 5.75 Å². The van der Waals surface area contributed by atoms with Gasteiger partial charge in [-0.05, 0) is 25.1 Å². The van der Waals surface area contributed by atoms with E-state index in [-0.39, 0.29) is 18.3 Å². The molecule has 0 aliphatic carbocycles. The van der Waals surface area contributed by atoms with E-state index in [0.29, 0.717) is 30.2 Å². The smallest absolute Gasteiger partial charge is 0.325 e. The average molecular weight is 390 g/mol. The van der Waals surface area contributed by atoms with Crippen LogP contribution in [0.1, 0.15) is 23.4 Å². The monoisotopic (exact) mass is 390 g/mol. The second-order valence-electron chi connectivity index (χ2n) is 7.20. The van der Waals surface area contributed by atoms with Gasteiger partial charge in [0.15, 0.2) is 11.4 Å². The molecule has 3 heterocycles. The zero-order chi connectivity index (χ0) is 20.0. The van der Waals surface area contributed by atoms with Crippen molar-refractivity contribution in [2.75, 3.05) is 6.61 Å². The van der Waals surface area contributed by atoms with Gasteiger partial charge in [-0.15, -0.1) is 0 Å². The van der Waals surface area contributed by atoms with Gasteiger partial charge in [-0.2, -0.15) is 4.98 Å². The van der Waals surface area contributed by atoms with E-state index in [1.807, 2.05) is 43.3 Å². The molecule has 1 atom stereocenters. The molecule has 1 spiro atoms. The second kappa shape index (κ2) is 6.44. The largest absolute Gasteiger partial charge is 0.493 e. The number of hydrogen-bond donors (Lipinski definition) is 1. The average Bonchev–Trinajstić information content (AvgIpc) is 3.29. The number of ether oxygens (including phenoxy) is 1. The van der Waals surface area contributed by atoms with Crippen LogP contribution in [0.3, 0.4) is 0 Å². The molecule has 1 fully saturated rings. The van der Waals surface area contributed by atoms with Gasteiger partial charge in [-0.3, -0.25) is 9.69 Å². The van der Waals surface area contributed by atoms with E-state index in [1.54, 1.807) is 12.1 Å². The molecule has 2 aromatic carbocycles. The van der Waals surface area contributed by atoms with Gasteiger partial charge in [-0.1, -0.05) is 41.1 Å². The van der Waals surface area contributed by atoms with Crippen LogP contribution >= 0.6 is 0 Å². The van der Waals surface area contributed by atoms with Crippen LogP contribution in [0.4, 0.5) is 4.79 Å². The van der Waals surface area contributed by atoms with Crippen LogP contribution < -0.4 is 10.1 Å². The minimum atomic E-state index is -1.12. The molecule has 0 saturated carbocycles. The zero-order valence-electron chi connectivity index (χ0n) is 15.7. The van der Waals surface area contributed by atoms with E-state index in [1.165, 1.54) is 0 Å². The summed E-state index contributed by atoms with van der Waals surface area (Å²) in [5.74, 6) is 0.884. The molecule has 1 N–H and O–H groups in total. The number of aryl methyl sites for hydroxylation is 1. The first-order valence-electron chi connectivity index (χ1n) is 9.33. The minimum absolute atomic E-state index is 0.0647. The number of rotatable bonds is 3. The molecule has 3 amide bonds. The van der Waals surface area contributed by atoms with Gasteiger partial charge >= 0.3 is 6.03 Å². The number of benzene rings is 2. The molecule has 0 unspecified atom stereocenters. The molecule has 8 nitrogen and oxygen atoms in total. The molecule has 2 aliphatic heterocycles. The molecule has 146 valence electrons. The lowest BCUT2D eigenvalue weighted by molar-refractivity contribution is -0.133. The molecular weight excluding hydrogens is 372 g/mol. The molecule has 8 heteroatoms.